The molecule has 164 valence electrons. The van der Waals surface area contributed by atoms with E-state index in [1.165, 1.54) is 7.11 Å². The van der Waals surface area contributed by atoms with Gasteiger partial charge in [-0.3, -0.25) is 4.79 Å². The number of methoxy groups -OCH3 is 1. The minimum atomic E-state index is -4.53. The lowest BCUT2D eigenvalue weighted by Crippen LogP contribution is -2.27. The largest absolute Gasteiger partial charge is 0.493 e. The van der Waals surface area contributed by atoms with Crippen molar-refractivity contribution in [2.75, 3.05) is 38.7 Å². The van der Waals surface area contributed by atoms with Crippen LogP contribution in [0.3, 0.4) is 0 Å². The zero-order valence-electron chi connectivity index (χ0n) is 17.0. The topological polar surface area (TPSA) is 50.8 Å². The molecule has 0 saturated heterocycles. The van der Waals surface area contributed by atoms with Crippen molar-refractivity contribution in [1.29, 1.82) is 0 Å². The second kappa shape index (κ2) is 10.5. The maximum Gasteiger partial charge on any atom is 0.416 e. The summed E-state index contributed by atoms with van der Waals surface area (Å²) in [6.07, 6.45) is -4.53. The van der Waals surface area contributed by atoms with E-state index < -0.39 is 17.6 Å². The van der Waals surface area contributed by atoms with Gasteiger partial charge in [0.15, 0.2) is 11.5 Å². The van der Waals surface area contributed by atoms with Crippen molar-refractivity contribution in [2.24, 2.45) is 0 Å². The predicted molar refractivity (Wildman–Crippen MR) is 111 cm³/mol. The quantitative estimate of drug-likeness (QED) is 0.567. The molecule has 0 fully saturated rings. The lowest BCUT2D eigenvalue weighted by atomic mass is 10.1. The van der Waals surface area contributed by atoms with E-state index in [0.29, 0.717) is 23.8 Å². The Kier molecular flexibility index (Phi) is 8.37. The van der Waals surface area contributed by atoms with Crippen LogP contribution >= 0.6 is 11.6 Å². The van der Waals surface area contributed by atoms with Crippen LogP contribution in [0.1, 0.15) is 29.8 Å². The molecule has 0 bridgehead atoms. The summed E-state index contributed by atoms with van der Waals surface area (Å²) in [5.74, 6) is 0.312. The highest BCUT2D eigenvalue weighted by Crippen LogP contribution is 2.33. The monoisotopic (exact) mass is 444 g/mol. The van der Waals surface area contributed by atoms with Gasteiger partial charge < -0.3 is 19.7 Å². The molecule has 2 rings (SSSR count). The molecule has 0 atom stereocenters. The molecule has 1 N–H and O–H groups in total. The van der Waals surface area contributed by atoms with Gasteiger partial charge in [0.25, 0.3) is 5.91 Å². The number of likely N-dealkylation sites (N-methyl/N-ethyl adjacent to an activating group) is 1. The number of amides is 1. The number of nitrogens with one attached hydrogen (secondary N) is 1. The van der Waals surface area contributed by atoms with E-state index in [1.54, 1.807) is 18.2 Å². The third-order valence-electron chi connectivity index (χ3n) is 4.52. The molecule has 0 aromatic heterocycles. The van der Waals surface area contributed by atoms with Gasteiger partial charge in [-0.15, -0.1) is 0 Å². The maximum atomic E-state index is 12.8. The molecule has 2 aromatic rings. The Morgan fingerprint density at radius 2 is 1.80 bits per heavy atom. The lowest BCUT2D eigenvalue weighted by Gasteiger charge is -2.19. The van der Waals surface area contributed by atoms with Crippen LogP contribution in [0, 0.1) is 0 Å². The summed E-state index contributed by atoms with van der Waals surface area (Å²) in [6, 6.07) is 7.43. The summed E-state index contributed by atoms with van der Waals surface area (Å²) in [5.41, 5.74) is -0.593. The highest BCUT2D eigenvalue weighted by molar-refractivity contribution is 6.34. The van der Waals surface area contributed by atoms with Gasteiger partial charge in [-0.2, -0.15) is 13.2 Å². The van der Waals surface area contributed by atoms with Gasteiger partial charge in [-0.1, -0.05) is 25.4 Å². The summed E-state index contributed by atoms with van der Waals surface area (Å²) in [5, 5.41) is 2.32. The van der Waals surface area contributed by atoms with E-state index in [4.69, 9.17) is 21.1 Å². The second-order valence-corrected chi connectivity index (χ2v) is 6.79. The summed E-state index contributed by atoms with van der Waals surface area (Å²) < 4.78 is 49.3. The summed E-state index contributed by atoms with van der Waals surface area (Å²) >= 11 is 5.88. The molecule has 5 nitrogen and oxygen atoms in total. The minimum absolute atomic E-state index is 0.0665. The number of hydrogen-bond acceptors (Lipinski definition) is 4. The van der Waals surface area contributed by atoms with Crippen LogP contribution in [0.15, 0.2) is 36.4 Å². The molecule has 0 aliphatic rings. The highest BCUT2D eigenvalue weighted by Gasteiger charge is 2.31. The van der Waals surface area contributed by atoms with Gasteiger partial charge in [0.2, 0.25) is 0 Å². The first-order valence-electron chi connectivity index (χ1n) is 9.40. The summed E-state index contributed by atoms with van der Waals surface area (Å²) in [6.45, 7) is 7.24. The van der Waals surface area contributed by atoms with Crippen LogP contribution in [0.5, 0.6) is 11.5 Å². The average Bonchev–Trinajstić information content (AvgIpc) is 2.71. The minimum Gasteiger partial charge on any atom is -0.493 e. The number of anilines is 1. The fourth-order valence-corrected chi connectivity index (χ4v) is 3.03. The van der Waals surface area contributed by atoms with E-state index in [-0.39, 0.29) is 10.6 Å². The highest BCUT2D eigenvalue weighted by atomic mass is 35.5. The van der Waals surface area contributed by atoms with Crippen molar-refractivity contribution < 1.29 is 27.4 Å². The van der Waals surface area contributed by atoms with Crippen molar-refractivity contribution in [3.8, 4) is 11.5 Å². The molecule has 0 saturated carbocycles. The van der Waals surface area contributed by atoms with E-state index in [2.05, 4.69) is 24.1 Å². The molecular formula is C21H24ClF3N2O3. The maximum absolute atomic E-state index is 12.8. The van der Waals surface area contributed by atoms with Gasteiger partial charge in [0.1, 0.15) is 6.61 Å². The first-order valence-corrected chi connectivity index (χ1v) is 9.78. The number of benzene rings is 2. The molecule has 30 heavy (non-hydrogen) atoms. The first-order chi connectivity index (χ1) is 14.2. The third-order valence-corrected chi connectivity index (χ3v) is 4.83. The molecular weight excluding hydrogens is 421 g/mol. The SMILES string of the molecule is CCN(CC)CCOc1ccc(NC(=O)c2ccc(C(F)(F)F)cc2Cl)cc1OC. The Morgan fingerprint density at radius 1 is 1.10 bits per heavy atom. The van der Waals surface area contributed by atoms with Crippen LogP contribution in [0.2, 0.25) is 5.02 Å². The number of rotatable bonds is 9. The smallest absolute Gasteiger partial charge is 0.416 e. The van der Waals surface area contributed by atoms with Crippen LogP contribution in [0.4, 0.5) is 18.9 Å². The van der Waals surface area contributed by atoms with Gasteiger partial charge in [0, 0.05) is 18.3 Å². The number of nitrogens with zero attached hydrogens (tertiary/aromatic N) is 1. The van der Waals surface area contributed by atoms with Crippen molar-refractivity contribution in [1.82, 2.24) is 4.90 Å². The van der Waals surface area contributed by atoms with Crippen LogP contribution in [-0.2, 0) is 6.18 Å². The molecule has 1 amide bonds. The zero-order valence-corrected chi connectivity index (χ0v) is 17.7. The molecule has 0 aliphatic heterocycles. The Hall–Kier alpha value is -2.45. The van der Waals surface area contributed by atoms with E-state index in [0.717, 1.165) is 37.8 Å². The van der Waals surface area contributed by atoms with Crippen molar-refractivity contribution in [3.63, 3.8) is 0 Å². The molecule has 0 heterocycles. The molecule has 0 radical (unpaired) electrons. The fraction of sp³-hybridized carbons (Fsp3) is 0.381. The first kappa shape index (κ1) is 23.8. The zero-order chi connectivity index (χ0) is 22.3. The summed E-state index contributed by atoms with van der Waals surface area (Å²) in [4.78, 5) is 14.7. The fourth-order valence-electron chi connectivity index (χ4n) is 2.76. The van der Waals surface area contributed by atoms with E-state index in [9.17, 15) is 18.0 Å². The molecule has 9 heteroatoms. The number of carbonyl (C=O) groups is 1. The number of alkyl halides is 3. The Balaban J connectivity index is 2.09. The van der Waals surface area contributed by atoms with Gasteiger partial charge in [-0.05, 0) is 43.4 Å². The molecule has 0 spiro atoms. The standard InChI is InChI=1S/C21H24ClF3N2O3/c1-4-27(5-2)10-11-30-18-9-7-15(13-19(18)29-3)26-20(28)16-8-6-14(12-17(16)22)21(23,24)25/h6-9,12-13H,4-5,10-11H2,1-3H3,(H,26,28). The van der Waals surface area contributed by atoms with Crippen molar-refractivity contribution in [3.05, 3.63) is 52.5 Å². The molecule has 2 aromatic carbocycles. The predicted octanol–water partition coefficient (Wildman–Crippen LogP) is 5.34. The van der Waals surface area contributed by atoms with Gasteiger partial charge in [0.05, 0.1) is 23.3 Å². The molecule has 0 aliphatic carbocycles. The normalized spacial score (nSPS) is 11.5. The number of halogens is 4. The van der Waals surface area contributed by atoms with E-state index >= 15 is 0 Å². The van der Waals surface area contributed by atoms with Gasteiger partial charge >= 0.3 is 6.18 Å². The Bertz CT molecular complexity index is 871. The second-order valence-electron chi connectivity index (χ2n) is 6.39. The van der Waals surface area contributed by atoms with Gasteiger partial charge in [-0.25, -0.2) is 0 Å². The third kappa shape index (κ3) is 6.27. The van der Waals surface area contributed by atoms with Crippen LogP contribution < -0.4 is 14.8 Å². The Morgan fingerprint density at radius 3 is 2.37 bits per heavy atom. The van der Waals surface area contributed by atoms with Crippen LogP contribution in [0.25, 0.3) is 0 Å². The number of ether oxygens (including phenoxy) is 2. The lowest BCUT2D eigenvalue weighted by molar-refractivity contribution is -0.137. The molecule has 0 unspecified atom stereocenters. The van der Waals surface area contributed by atoms with E-state index in [1.807, 2.05) is 0 Å². The summed E-state index contributed by atoms with van der Waals surface area (Å²) in [7, 11) is 1.48. The number of hydrogen-bond donors (Lipinski definition) is 1. The van der Waals surface area contributed by atoms with Crippen LogP contribution in [-0.4, -0.2) is 44.2 Å². The Labute approximate surface area is 178 Å². The average molecular weight is 445 g/mol. The van der Waals surface area contributed by atoms with Crippen molar-refractivity contribution in [2.45, 2.75) is 20.0 Å². The van der Waals surface area contributed by atoms with Crippen molar-refractivity contribution >= 4 is 23.2 Å². The number of carbonyl (C=O) groups excluding carboxylic acids is 1.